The topological polar surface area (TPSA) is 63.6 Å². The Balaban J connectivity index is 1.47. The van der Waals surface area contributed by atoms with Gasteiger partial charge in [0, 0.05) is 26.8 Å². The van der Waals surface area contributed by atoms with Gasteiger partial charge in [-0.2, -0.15) is 0 Å². The lowest BCUT2D eigenvalue weighted by Gasteiger charge is -2.48. The van der Waals surface area contributed by atoms with Crippen LogP contribution in [-0.4, -0.2) is 22.5 Å². The molecule has 4 atom stereocenters. The molecule has 2 bridgehead atoms. The monoisotopic (exact) mass is 408 g/mol. The number of carboxylic acids is 1. The number of aromatic carboxylic acids is 1. The number of rotatable bonds is 4. The first-order valence-electron chi connectivity index (χ1n) is 10.1. The van der Waals surface area contributed by atoms with Crippen molar-refractivity contribution in [1.29, 1.82) is 0 Å². The van der Waals surface area contributed by atoms with Crippen LogP contribution in [-0.2, 0) is 5.41 Å². The molecule has 2 saturated carbocycles. The molecule has 1 aliphatic heterocycles. The summed E-state index contributed by atoms with van der Waals surface area (Å²) < 4.78 is 6.53. The fourth-order valence-electron chi connectivity index (χ4n) is 6.15. The van der Waals surface area contributed by atoms with Crippen molar-refractivity contribution in [2.75, 3.05) is 0 Å². The van der Waals surface area contributed by atoms with Gasteiger partial charge in [-0.05, 0) is 73.9 Å². The first-order chi connectivity index (χ1) is 13.7. The smallest absolute Gasteiger partial charge is 0.336 e. The highest BCUT2D eigenvalue weighted by Crippen LogP contribution is 2.73. The number of carboxylic acid groups (broad SMARTS) is 1. The fourth-order valence-corrected chi connectivity index (χ4v) is 6.92. The van der Waals surface area contributed by atoms with E-state index in [1.54, 1.807) is 17.5 Å². The van der Waals surface area contributed by atoms with Gasteiger partial charge in [-0.3, -0.25) is 4.79 Å². The Hall–Kier alpha value is -2.40. The van der Waals surface area contributed by atoms with Gasteiger partial charge < -0.3 is 9.84 Å². The normalized spacial score (nSPS) is 34.2. The first-order valence-corrected chi connectivity index (χ1v) is 10.9. The molecule has 3 aliphatic rings. The maximum atomic E-state index is 12.8. The summed E-state index contributed by atoms with van der Waals surface area (Å²) in [4.78, 5) is 24.6. The lowest BCUT2D eigenvalue weighted by Crippen LogP contribution is -2.54. The van der Waals surface area contributed by atoms with Crippen LogP contribution in [0.3, 0.4) is 0 Å². The molecule has 0 amide bonds. The van der Waals surface area contributed by atoms with Gasteiger partial charge in [0.2, 0.25) is 0 Å². The summed E-state index contributed by atoms with van der Waals surface area (Å²) in [5.74, 6) is 0.439. The predicted octanol–water partition coefficient (Wildman–Crippen LogP) is 5.57. The molecule has 0 radical (unpaired) electrons. The molecule has 2 aromatic rings. The number of ketones is 1. The number of carbonyl (C=O) groups excluding carboxylic acids is 1. The lowest BCUT2D eigenvalue weighted by molar-refractivity contribution is -0.0260. The number of carbonyl (C=O) groups is 2. The highest BCUT2D eigenvalue weighted by molar-refractivity contribution is 7.11. The van der Waals surface area contributed by atoms with Gasteiger partial charge in [-0.15, -0.1) is 11.3 Å². The van der Waals surface area contributed by atoms with Crippen LogP contribution in [0.2, 0.25) is 0 Å². The summed E-state index contributed by atoms with van der Waals surface area (Å²) >= 11 is 1.31. The Bertz CT molecular complexity index is 1080. The van der Waals surface area contributed by atoms with E-state index in [1.807, 2.05) is 18.2 Å². The second-order valence-electron chi connectivity index (χ2n) is 9.29. The van der Waals surface area contributed by atoms with Crippen molar-refractivity contribution in [3.63, 3.8) is 0 Å². The van der Waals surface area contributed by atoms with Gasteiger partial charge in [-0.25, -0.2) is 4.79 Å². The Kier molecular flexibility index (Phi) is 3.74. The molecule has 0 spiro atoms. The molecule has 29 heavy (non-hydrogen) atoms. The van der Waals surface area contributed by atoms with E-state index in [2.05, 4.69) is 20.8 Å². The van der Waals surface area contributed by atoms with E-state index in [0.717, 1.165) is 16.2 Å². The second kappa shape index (κ2) is 5.82. The molecule has 5 heteroatoms. The fraction of sp³-hybridized carbons (Fsp3) is 0.417. The largest absolute Gasteiger partial charge is 0.486 e. The highest BCUT2D eigenvalue weighted by atomic mass is 32.1. The molecule has 1 aromatic heterocycles. The van der Waals surface area contributed by atoms with Gasteiger partial charge in [0.25, 0.3) is 0 Å². The molecule has 5 rings (SSSR count). The molecular weight excluding hydrogens is 384 g/mol. The third-order valence-electron chi connectivity index (χ3n) is 8.11. The number of thiophene rings is 1. The number of fused-ring (bicyclic) bond motifs is 7. The van der Waals surface area contributed by atoms with Crippen molar-refractivity contribution in [1.82, 2.24) is 0 Å². The molecule has 0 saturated heterocycles. The number of benzene rings is 1. The molecule has 2 fully saturated rings. The Morgan fingerprint density at radius 2 is 2.00 bits per heavy atom. The van der Waals surface area contributed by atoms with E-state index in [0.29, 0.717) is 11.5 Å². The average molecular weight is 409 g/mol. The van der Waals surface area contributed by atoms with Crippen molar-refractivity contribution >= 4 is 29.2 Å². The molecule has 2 aliphatic carbocycles. The zero-order chi connectivity index (χ0) is 20.6. The lowest BCUT2D eigenvalue weighted by atomic mass is 9.56. The SMILES string of the molecule is CC12CCC(C1)C1(C)Oc3ccc(C(=O)C=Cc4cc(C(=O)O)cs4)cc3C21C. The van der Waals surface area contributed by atoms with Crippen molar-refractivity contribution in [2.24, 2.45) is 11.3 Å². The third-order valence-corrected chi connectivity index (χ3v) is 9.01. The van der Waals surface area contributed by atoms with Gasteiger partial charge in [0.1, 0.15) is 11.4 Å². The third kappa shape index (κ3) is 2.31. The zero-order valence-corrected chi connectivity index (χ0v) is 17.6. The van der Waals surface area contributed by atoms with Crippen LogP contribution in [0.25, 0.3) is 6.08 Å². The van der Waals surface area contributed by atoms with Crippen LogP contribution < -0.4 is 4.74 Å². The number of hydrogen-bond donors (Lipinski definition) is 1. The van der Waals surface area contributed by atoms with Gasteiger partial charge in [0.15, 0.2) is 5.78 Å². The standard InChI is InChI=1S/C24H24O4S/c1-22-9-8-16(12-22)24(3)23(22,2)18-11-14(4-7-20(18)28-24)19(25)6-5-17-10-15(13-29-17)21(26)27/h4-7,10-11,13,16H,8-9,12H2,1-3H3,(H,26,27). The molecular formula is C24H24O4S. The molecule has 150 valence electrons. The zero-order valence-electron chi connectivity index (χ0n) is 16.8. The molecule has 4 unspecified atom stereocenters. The van der Waals surface area contributed by atoms with E-state index < -0.39 is 5.97 Å². The van der Waals surface area contributed by atoms with Crippen molar-refractivity contribution in [3.8, 4) is 5.75 Å². The van der Waals surface area contributed by atoms with E-state index >= 15 is 0 Å². The molecule has 1 N–H and O–H groups in total. The number of allylic oxidation sites excluding steroid dienone is 1. The number of ether oxygens (including phenoxy) is 1. The van der Waals surface area contributed by atoms with Crippen molar-refractivity contribution < 1.29 is 19.4 Å². The molecule has 2 heterocycles. The Labute approximate surface area is 174 Å². The van der Waals surface area contributed by atoms with E-state index in [-0.39, 0.29) is 27.8 Å². The minimum Gasteiger partial charge on any atom is -0.486 e. The minimum atomic E-state index is -0.957. The Morgan fingerprint density at radius 1 is 1.21 bits per heavy atom. The van der Waals surface area contributed by atoms with Crippen LogP contribution in [0.15, 0.2) is 35.7 Å². The maximum Gasteiger partial charge on any atom is 0.336 e. The summed E-state index contributed by atoms with van der Waals surface area (Å²) in [6.45, 7) is 6.95. The predicted molar refractivity (Wildman–Crippen MR) is 113 cm³/mol. The van der Waals surface area contributed by atoms with Gasteiger partial charge >= 0.3 is 5.97 Å². The van der Waals surface area contributed by atoms with E-state index in [4.69, 9.17) is 9.84 Å². The van der Waals surface area contributed by atoms with Crippen LogP contribution in [0.1, 0.15) is 71.2 Å². The van der Waals surface area contributed by atoms with Crippen molar-refractivity contribution in [3.05, 3.63) is 57.3 Å². The van der Waals surface area contributed by atoms with E-state index in [9.17, 15) is 9.59 Å². The Morgan fingerprint density at radius 3 is 2.72 bits per heavy atom. The molecule has 4 nitrogen and oxygen atoms in total. The quantitative estimate of drug-likeness (QED) is 0.530. The van der Waals surface area contributed by atoms with Gasteiger partial charge in [0.05, 0.1) is 5.56 Å². The first kappa shape index (κ1) is 18.6. The van der Waals surface area contributed by atoms with Crippen LogP contribution in [0, 0.1) is 11.3 Å². The number of hydrogen-bond acceptors (Lipinski definition) is 4. The van der Waals surface area contributed by atoms with Crippen LogP contribution in [0.4, 0.5) is 0 Å². The summed E-state index contributed by atoms with van der Waals surface area (Å²) in [7, 11) is 0. The summed E-state index contributed by atoms with van der Waals surface area (Å²) in [5, 5.41) is 10.6. The summed E-state index contributed by atoms with van der Waals surface area (Å²) in [6, 6.07) is 7.38. The van der Waals surface area contributed by atoms with Crippen molar-refractivity contribution in [2.45, 2.75) is 51.0 Å². The highest BCUT2D eigenvalue weighted by Gasteiger charge is 2.73. The van der Waals surface area contributed by atoms with E-state index in [1.165, 1.54) is 36.7 Å². The summed E-state index contributed by atoms with van der Waals surface area (Å²) in [5.41, 5.74) is 1.95. The second-order valence-corrected chi connectivity index (χ2v) is 10.2. The van der Waals surface area contributed by atoms with Crippen LogP contribution in [0.5, 0.6) is 5.75 Å². The van der Waals surface area contributed by atoms with Crippen LogP contribution >= 0.6 is 11.3 Å². The van der Waals surface area contributed by atoms with Gasteiger partial charge in [-0.1, -0.05) is 13.8 Å². The average Bonchev–Trinajstić information content (AvgIpc) is 3.40. The maximum absolute atomic E-state index is 12.8. The summed E-state index contributed by atoms with van der Waals surface area (Å²) in [6.07, 6.45) is 6.81. The minimum absolute atomic E-state index is 0.0800. The molecule has 1 aromatic carbocycles.